The lowest BCUT2D eigenvalue weighted by Gasteiger charge is -2.14. The minimum atomic E-state index is -0.426. The number of fused-ring (bicyclic) bond motifs is 1. The van der Waals surface area contributed by atoms with E-state index in [1.54, 1.807) is 18.2 Å². The largest absolute Gasteiger partial charge is 0.354 e. The van der Waals surface area contributed by atoms with E-state index in [-0.39, 0.29) is 12.5 Å². The summed E-state index contributed by atoms with van der Waals surface area (Å²) >= 11 is 3.27. The maximum atomic E-state index is 12.2. The van der Waals surface area contributed by atoms with Crippen LogP contribution in [0.3, 0.4) is 0 Å². The molecule has 0 saturated carbocycles. The third-order valence-corrected chi connectivity index (χ3v) is 3.83. The van der Waals surface area contributed by atoms with Gasteiger partial charge in [0.1, 0.15) is 6.54 Å². The van der Waals surface area contributed by atoms with Crippen LogP contribution in [0.15, 0.2) is 22.7 Å². The summed E-state index contributed by atoms with van der Waals surface area (Å²) in [6.45, 7) is 1.14. The highest BCUT2D eigenvalue weighted by Crippen LogP contribution is 2.25. The van der Waals surface area contributed by atoms with E-state index in [0.29, 0.717) is 17.7 Å². The summed E-state index contributed by atoms with van der Waals surface area (Å²) in [5, 5.41) is 2.72. The molecule has 22 heavy (non-hydrogen) atoms. The third kappa shape index (κ3) is 3.72. The topological polar surface area (TPSA) is 69.7 Å². The second kappa shape index (κ2) is 7.02. The third-order valence-electron chi connectivity index (χ3n) is 3.34. The van der Waals surface area contributed by atoms with Crippen LogP contribution in [-0.2, 0) is 4.79 Å². The van der Waals surface area contributed by atoms with Gasteiger partial charge >= 0.3 is 0 Å². The minimum Gasteiger partial charge on any atom is -0.354 e. The molecule has 0 bridgehead atoms. The van der Waals surface area contributed by atoms with E-state index in [2.05, 4.69) is 21.2 Å². The van der Waals surface area contributed by atoms with E-state index < -0.39 is 11.8 Å². The zero-order valence-corrected chi connectivity index (χ0v) is 14.1. The number of halogens is 1. The van der Waals surface area contributed by atoms with Crippen molar-refractivity contribution in [3.63, 3.8) is 0 Å². The van der Waals surface area contributed by atoms with Crippen molar-refractivity contribution in [2.24, 2.45) is 0 Å². The number of imide groups is 1. The van der Waals surface area contributed by atoms with Crippen LogP contribution in [0, 0.1) is 0 Å². The summed E-state index contributed by atoms with van der Waals surface area (Å²) in [5.41, 5.74) is 0.674. The van der Waals surface area contributed by atoms with Crippen LogP contribution in [-0.4, -0.2) is 61.3 Å². The van der Waals surface area contributed by atoms with Gasteiger partial charge in [0.25, 0.3) is 11.8 Å². The zero-order valence-electron chi connectivity index (χ0n) is 12.6. The average Bonchev–Trinajstić information content (AvgIpc) is 2.68. The number of amides is 3. The van der Waals surface area contributed by atoms with Crippen molar-refractivity contribution in [1.82, 2.24) is 15.1 Å². The van der Waals surface area contributed by atoms with E-state index >= 15 is 0 Å². The van der Waals surface area contributed by atoms with Crippen molar-refractivity contribution in [1.29, 1.82) is 0 Å². The molecule has 0 unspecified atom stereocenters. The first-order valence-electron chi connectivity index (χ1n) is 6.97. The summed E-state index contributed by atoms with van der Waals surface area (Å²) in [6, 6.07) is 4.90. The number of rotatable bonds is 6. The fraction of sp³-hybridized carbons (Fsp3) is 0.400. The molecule has 6 nitrogen and oxygen atoms in total. The normalized spacial score (nSPS) is 13.7. The number of benzene rings is 1. The van der Waals surface area contributed by atoms with E-state index in [9.17, 15) is 14.4 Å². The van der Waals surface area contributed by atoms with Gasteiger partial charge in [-0.1, -0.05) is 15.9 Å². The molecule has 1 aliphatic rings. The van der Waals surface area contributed by atoms with Crippen molar-refractivity contribution in [3.8, 4) is 0 Å². The van der Waals surface area contributed by atoms with Gasteiger partial charge in [-0.2, -0.15) is 0 Å². The van der Waals surface area contributed by atoms with Crippen LogP contribution in [0.5, 0.6) is 0 Å². The zero-order chi connectivity index (χ0) is 16.3. The second-order valence-electron chi connectivity index (χ2n) is 5.39. The predicted molar refractivity (Wildman–Crippen MR) is 85.7 cm³/mol. The molecule has 1 aliphatic heterocycles. The number of carbonyl (C=O) groups excluding carboxylic acids is 3. The van der Waals surface area contributed by atoms with Gasteiger partial charge in [0.2, 0.25) is 5.91 Å². The van der Waals surface area contributed by atoms with Crippen LogP contribution >= 0.6 is 15.9 Å². The molecule has 2 rings (SSSR count). The monoisotopic (exact) mass is 367 g/mol. The van der Waals surface area contributed by atoms with Crippen molar-refractivity contribution >= 4 is 33.7 Å². The Morgan fingerprint density at radius 3 is 2.59 bits per heavy atom. The molecular formula is C15H18BrN3O3. The highest BCUT2D eigenvalue weighted by atomic mass is 79.9. The lowest BCUT2D eigenvalue weighted by molar-refractivity contribution is -0.121. The molecule has 1 aromatic carbocycles. The van der Waals surface area contributed by atoms with Crippen molar-refractivity contribution in [2.75, 3.05) is 33.7 Å². The van der Waals surface area contributed by atoms with E-state index in [1.807, 2.05) is 19.0 Å². The maximum Gasteiger partial charge on any atom is 0.262 e. The van der Waals surface area contributed by atoms with Gasteiger partial charge in [0.05, 0.1) is 11.1 Å². The van der Waals surface area contributed by atoms with Gasteiger partial charge < -0.3 is 10.2 Å². The fourth-order valence-corrected chi connectivity index (χ4v) is 2.59. The number of hydrogen-bond acceptors (Lipinski definition) is 4. The lowest BCUT2D eigenvalue weighted by Crippen LogP contribution is -2.40. The lowest BCUT2D eigenvalue weighted by atomic mass is 10.1. The average molecular weight is 368 g/mol. The molecule has 0 aliphatic carbocycles. The SMILES string of the molecule is CN(C)CCCNC(=O)CN1C(=O)c2ccc(Br)cc2C1=O. The summed E-state index contributed by atoms with van der Waals surface area (Å²) in [4.78, 5) is 39.3. The van der Waals surface area contributed by atoms with Gasteiger partial charge in [-0.15, -0.1) is 0 Å². The molecule has 0 fully saturated rings. The van der Waals surface area contributed by atoms with Gasteiger partial charge in [-0.25, -0.2) is 0 Å². The van der Waals surface area contributed by atoms with Crippen LogP contribution < -0.4 is 5.32 Å². The minimum absolute atomic E-state index is 0.244. The Labute approximate surface area is 137 Å². The van der Waals surface area contributed by atoms with Crippen molar-refractivity contribution in [2.45, 2.75) is 6.42 Å². The standard InChI is InChI=1S/C15H18BrN3O3/c1-18(2)7-3-6-17-13(20)9-19-14(21)11-5-4-10(16)8-12(11)15(19)22/h4-5,8H,3,6-7,9H2,1-2H3,(H,17,20). The maximum absolute atomic E-state index is 12.2. The second-order valence-corrected chi connectivity index (χ2v) is 6.31. The Bertz CT molecular complexity index is 616. The van der Waals surface area contributed by atoms with Gasteiger partial charge in [-0.05, 0) is 45.3 Å². The Hall–Kier alpha value is -1.73. The molecule has 118 valence electrons. The molecule has 3 amide bonds. The van der Waals surface area contributed by atoms with E-state index in [1.165, 1.54) is 0 Å². The van der Waals surface area contributed by atoms with Crippen LogP contribution in [0.2, 0.25) is 0 Å². The number of hydrogen-bond donors (Lipinski definition) is 1. The molecule has 0 saturated heterocycles. The quantitative estimate of drug-likeness (QED) is 0.604. The smallest absolute Gasteiger partial charge is 0.262 e. The molecule has 0 radical (unpaired) electrons. The van der Waals surface area contributed by atoms with E-state index in [4.69, 9.17) is 0 Å². The van der Waals surface area contributed by atoms with Gasteiger partial charge in [0.15, 0.2) is 0 Å². The molecule has 1 aromatic rings. The summed E-state index contributed by atoms with van der Waals surface area (Å²) in [7, 11) is 3.91. The first-order valence-corrected chi connectivity index (χ1v) is 7.76. The first kappa shape index (κ1) is 16.6. The molecule has 1 N–H and O–H groups in total. The van der Waals surface area contributed by atoms with Crippen molar-refractivity contribution < 1.29 is 14.4 Å². The number of nitrogens with one attached hydrogen (secondary N) is 1. The Balaban J connectivity index is 1.93. The van der Waals surface area contributed by atoms with Crippen molar-refractivity contribution in [3.05, 3.63) is 33.8 Å². The first-order chi connectivity index (χ1) is 10.4. The molecule has 7 heteroatoms. The molecule has 0 aromatic heterocycles. The Morgan fingerprint density at radius 1 is 1.23 bits per heavy atom. The van der Waals surface area contributed by atoms with Crippen LogP contribution in [0.25, 0.3) is 0 Å². The Morgan fingerprint density at radius 2 is 1.91 bits per heavy atom. The predicted octanol–water partition coefficient (Wildman–Crippen LogP) is 1.11. The summed E-state index contributed by atoms with van der Waals surface area (Å²) in [6.07, 6.45) is 0.813. The molecule has 1 heterocycles. The molecule has 0 atom stereocenters. The number of nitrogens with zero attached hydrogens (tertiary/aromatic N) is 2. The molecular weight excluding hydrogens is 350 g/mol. The highest BCUT2D eigenvalue weighted by Gasteiger charge is 2.36. The highest BCUT2D eigenvalue weighted by molar-refractivity contribution is 9.10. The summed E-state index contributed by atoms with van der Waals surface area (Å²) < 4.78 is 0.724. The summed E-state index contributed by atoms with van der Waals surface area (Å²) in [5.74, 6) is -1.17. The van der Waals surface area contributed by atoms with Gasteiger partial charge in [-0.3, -0.25) is 19.3 Å². The molecule has 0 spiro atoms. The van der Waals surface area contributed by atoms with Gasteiger partial charge in [0, 0.05) is 11.0 Å². The van der Waals surface area contributed by atoms with Crippen LogP contribution in [0.4, 0.5) is 0 Å². The Kier molecular flexibility index (Phi) is 5.31. The van der Waals surface area contributed by atoms with E-state index in [0.717, 1.165) is 22.3 Å². The fourth-order valence-electron chi connectivity index (χ4n) is 2.23. The number of carbonyl (C=O) groups is 3. The van der Waals surface area contributed by atoms with Crippen LogP contribution in [0.1, 0.15) is 27.1 Å².